The summed E-state index contributed by atoms with van der Waals surface area (Å²) < 4.78 is 11.1. The Hall–Kier alpha value is -8.82. The van der Waals surface area contributed by atoms with E-state index in [-0.39, 0.29) is 36.1 Å². The molecule has 0 aliphatic rings. The molecule has 7 N–H and O–H groups in total. The Morgan fingerprint density at radius 1 is 0.540 bits per heavy atom. The molecule has 4 aromatic carbocycles. The number of fused-ring (bicyclic) bond motifs is 3. The number of carbonyl (C=O) groups excluding carboxylic acids is 5. The summed E-state index contributed by atoms with van der Waals surface area (Å²) in [6, 6.07) is 29.3. The number of esters is 2. The first kappa shape index (κ1) is 67.3. The van der Waals surface area contributed by atoms with Crippen molar-refractivity contribution in [1.29, 1.82) is 10.5 Å². The van der Waals surface area contributed by atoms with Crippen LogP contribution in [0.5, 0.6) is 0 Å². The van der Waals surface area contributed by atoms with Gasteiger partial charge in [0.15, 0.2) is 0 Å². The van der Waals surface area contributed by atoms with E-state index < -0.39 is 16.8 Å². The van der Waals surface area contributed by atoms with Crippen molar-refractivity contribution < 1.29 is 33.4 Å². The van der Waals surface area contributed by atoms with Crippen LogP contribution < -0.4 is 27.4 Å². The van der Waals surface area contributed by atoms with Crippen molar-refractivity contribution in [3.05, 3.63) is 179 Å². The Bertz CT molecular complexity index is 4200. The molecule has 0 saturated heterocycles. The minimum absolute atomic E-state index is 0. The molecule has 26 heteroatoms. The standard InChI is InChI=1S/C25H20BrN5O2S.C18H19N3O.C9H7BrN2O2S.C9H9N3O2S.ClH/c1-14-7-8-17(30-22(32)15-5-4-6-16(11-15)25(2,3)13-27)12-18(14)31-23(33)21-19(26)20-24(34-21)29-10-9-28-20;1-12-7-8-15(10-16(12)20)21-17(22)13-5-4-6-14(9-13)18(2,3)11-19;2*1-2-14-9(13)7-5(10)6-8(15-7)12-4-3-11-6;/h4-12H,1-3H3,(H,30,32)(H,31,33);4-10H,20H2,1-3H3,(H,21,22);3-4H,2H2,1H3;3-4H,2,10H2,1H3;1H. The van der Waals surface area contributed by atoms with Crippen molar-refractivity contribution in [3.8, 4) is 12.1 Å². The Kier molecular flexibility index (Phi) is 23.2. The molecule has 10 aromatic rings. The molecule has 87 heavy (non-hydrogen) atoms. The number of carbonyl (C=O) groups is 5. The summed E-state index contributed by atoms with van der Waals surface area (Å²) in [7, 11) is 0. The molecule has 0 aliphatic heterocycles. The number of anilines is 5. The molecule has 0 aliphatic carbocycles. The summed E-state index contributed by atoms with van der Waals surface area (Å²) in [6.45, 7) is 15.3. The molecule has 0 saturated carbocycles. The van der Waals surface area contributed by atoms with Crippen molar-refractivity contribution in [3.63, 3.8) is 0 Å². The summed E-state index contributed by atoms with van der Waals surface area (Å²) in [4.78, 5) is 89.5. The third kappa shape index (κ3) is 16.6. The first-order chi connectivity index (χ1) is 41.0. The normalized spacial score (nSPS) is 10.7. The lowest BCUT2D eigenvalue weighted by molar-refractivity contribution is 0.0522. The third-order valence-electron chi connectivity index (χ3n) is 12.6. The number of amides is 3. The first-order valence-corrected chi connectivity index (χ1v) is 30.1. The monoisotopic (exact) mass is 1370 g/mol. The van der Waals surface area contributed by atoms with E-state index in [1.54, 1.807) is 119 Å². The smallest absolute Gasteiger partial charge is 0.350 e. The Morgan fingerprint density at radius 3 is 1.41 bits per heavy atom. The van der Waals surface area contributed by atoms with Crippen LogP contribution in [0.3, 0.4) is 0 Å². The molecule has 10 rings (SSSR count). The molecule has 0 unspecified atom stereocenters. The van der Waals surface area contributed by atoms with Gasteiger partial charge in [-0.3, -0.25) is 24.4 Å². The zero-order valence-corrected chi connectivity index (χ0v) is 54.4. The number of aromatic nitrogens is 6. The maximum atomic E-state index is 13.0. The van der Waals surface area contributed by atoms with E-state index in [2.05, 4.69) is 89.9 Å². The number of benzene rings is 4. The van der Waals surface area contributed by atoms with E-state index in [4.69, 9.17) is 20.9 Å². The van der Waals surface area contributed by atoms with Crippen LogP contribution in [0.4, 0.5) is 28.4 Å². The summed E-state index contributed by atoms with van der Waals surface area (Å²) >= 11 is 10.5. The number of aryl methyl sites for hydroxylation is 2. The molecule has 0 radical (unpaired) electrons. The molecule has 20 nitrogen and oxygen atoms in total. The molecule has 446 valence electrons. The topological polar surface area (TPSA) is 317 Å². The van der Waals surface area contributed by atoms with Gasteiger partial charge in [0.25, 0.3) is 17.7 Å². The minimum Gasteiger partial charge on any atom is -0.462 e. The first-order valence-electron chi connectivity index (χ1n) is 26.1. The average molecular weight is 1370 g/mol. The van der Waals surface area contributed by atoms with Gasteiger partial charge in [0, 0.05) is 71.1 Å². The van der Waals surface area contributed by atoms with Crippen LogP contribution in [0.1, 0.15) is 114 Å². The van der Waals surface area contributed by atoms with Gasteiger partial charge in [-0.15, -0.1) is 46.4 Å². The van der Waals surface area contributed by atoms with Crippen LogP contribution in [0.2, 0.25) is 0 Å². The summed E-state index contributed by atoms with van der Waals surface area (Å²) in [5, 5.41) is 27.2. The quantitative estimate of drug-likeness (QED) is 0.0560. The van der Waals surface area contributed by atoms with E-state index in [9.17, 15) is 34.5 Å². The van der Waals surface area contributed by atoms with E-state index >= 15 is 0 Å². The van der Waals surface area contributed by atoms with Gasteiger partial charge in [0.2, 0.25) is 0 Å². The lowest BCUT2D eigenvalue weighted by Gasteiger charge is -2.17. The number of thiophene rings is 3. The second kappa shape index (κ2) is 30.0. The number of rotatable bonds is 12. The van der Waals surface area contributed by atoms with E-state index in [0.29, 0.717) is 103 Å². The van der Waals surface area contributed by atoms with Crippen molar-refractivity contribution in [1.82, 2.24) is 29.9 Å². The highest BCUT2D eigenvalue weighted by Crippen LogP contribution is 2.36. The van der Waals surface area contributed by atoms with Crippen LogP contribution >= 0.6 is 78.3 Å². The third-order valence-corrected chi connectivity index (χ3v) is 17.9. The van der Waals surface area contributed by atoms with E-state index in [1.807, 2.05) is 58.0 Å². The molecule has 0 fully saturated rings. The van der Waals surface area contributed by atoms with Crippen LogP contribution in [-0.2, 0) is 20.3 Å². The van der Waals surface area contributed by atoms with Gasteiger partial charge in [0.05, 0.1) is 50.8 Å². The fourth-order valence-electron chi connectivity index (χ4n) is 7.63. The molecule has 0 atom stereocenters. The van der Waals surface area contributed by atoms with Crippen LogP contribution in [-0.4, -0.2) is 72.8 Å². The number of nitriles is 2. The number of halogens is 3. The number of ether oxygens (including phenoxy) is 2. The van der Waals surface area contributed by atoms with Gasteiger partial charge in [-0.25, -0.2) is 29.5 Å². The molecule has 3 amide bonds. The number of nitrogens with two attached hydrogens (primary N) is 2. The number of nitrogens with zero attached hydrogens (tertiary/aromatic N) is 8. The lowest BCUT2D eigenvalue weighted by Crippen LogP contribution is -2.17. The van der Waals surface area contributed by atoms with Crippen LogP contribution in [0.15, 0.2) is 131 Å². The number of hydrogen-bond donors (Lipinski definition) is 5. The molecular formula is C61H56Br2ClN13O7S3. The predicted octanol–water partition coefficient (Wildman–Crippen LogP) is 14.2. The molecule has 6 heterocycles. The second-order valence-corrected chi connectivity index (χ2v) is 24.1. The highest BCUT2D eigenvalue weighted by molar-refractivity contribution is 9.11. The van der Waals surface area contributed by atoms with Gasteiger partial charge in [-0.05, 0) is 158 Å². The summed E-state index contributed by atoms with van der Waals surface area (Å²) in [5.74, 6) is -1.58. The van der Waals surface area contributed by atoms with Gasteiger partial charge in [0.1, 0.15) is 45.7 Å². The summed E-state index contributed by atoms with van der Waals surface area (Å²) in [6.07, 6.45) is 9.46. The maximum Gasteiger partial charge on any atom is 0.350 e. The van der Waals surface area contributed by atoms with Crippen molar-refractivity contribution >= 4 is 167 Å². The molecule has 6 aromatic heterocycles. The molecular weight excluding hydrogens is 1320 g/mol. The number of hydrogen-bond acceptors (Lipinski definition) is 20. The maximum absolute atomic E-state index is 13.0. The van der Waals surface area contributed by atoms with Crippen molar-refractivity contribution in [2.75, 3.05) is 40.6 Å². The van der Waals surface area contributed by atoms with Crippen LogP contribution in [0, 0.1) is 36.5 Å². The second-order valence-electron chi connectivity index (χ2n) is 19.5. The summed E-state index contributed by atoms with van der Waals surface area (Å²) in [5.41, 5.74) is 19.3. The fraction of sp³-hybridized carbons (Fsp3) is 0.197. The van der Waals surface area contributed by atoms with Gasteiger partial charge in [-0.1, -0.05) is 36.4 Å². The fourth-order valence-corrected chi connectivity index (χ4v) is 12.0. The highest BCUT2D eigenvalue weighted by Gasteiger charge is 2.25. The van der Waals surface area contributed by atoms with Crippen LogP contribution in [0.25, 0.3) is 31.0 Å². The highest BCUT2D eigenvalue weighted by atomic mass is 79.9. The van der Waals surface area contributed by atoms with Crippen molar-refractivity contribution in [2.45, 2.75) is 66.2 Å². The average Bonchev–Trinajstić information content (AvgIpc) is 2.21. The number of nitrogen functional groups attached to an aromatic ring is 2. The largest absolute Gasteiger partial charge is 0.462 e. The van der Waals surface area contributed by atoms with Gasteiger partial charge < -0.3 is 36.9 Å². The van der Waals surface area contributed by atoms with Crippen molar-refractivity contribution in [2.24, 2.45) is 0 Å². The Labute approximate surface area is 535 Å². The zero-order valence-electron chi connectivity index (χ0n) is 47.9. The zero-order chi connectivity index (χ0) is 62.5. The number of nitrogens with one attached hydrogen (secondary N) is 3. The SMILES string of the molecule is CCOC(=O)c1sc2nccnc2c1Br.CCOC(=O)c1sc2nccnc2c1N.Cc1ccc(NC(=O)c2cccc(C(C)(C)C#N)c2)cc1N.Cc1ccc(NC(=O)c2cccc(C(C)(C)C#N)c2)cc1NC(=O)c1sc2nccnc2c1Br.Cl. The van der Waals surface area contributed by atoms with Gasteiger partial charge in [-0.2, -0.15) is 10.5 Å². The van der Waals surface area contributed by atoms with E-state index in [1.165, 1.54) is 34.0 Å². The molecule has 0 bridgehead atoms. The Balaban J connectivity index is 0.000000197. The van der Waals surface area contributed by atoms with E-state index in [0.717, 1.165) is 27.1 Å². The van der Waals surface area contributed by atoms with Gasteiger partial charge >= 0.3 is 11.9 Å². The predicted molar refractivity (Wildman–Crippen MR) is 352 cm³/mol. The molecule has 0 spiro atoms. The lowest BCUT2D eigenvalue weighted by atomic mass is 9.85. The minimum atomic E-state index is -0.705. The Morgan fingerprint density at radius 2 is 0.954 bits per heavy atom.